The van der Waals surface area contributed by atoms with Crippen molar-refractivity contribution < 1.29 is 14.7 Å². The molecule has 0 atom stereocenters. The molecule has 1 rings (SSSR count). The van der Waals surface area contributed by atoms with E-state index in [0.717, 1.165) is 5.01 Å². The van der Waals surface area contributed by atoms with Gasteiger partial charge in [0.2, 0.25) is 0 Å². The lowest BCUT2D eigenvalue weighted by Gasteiger charge is -2.22. The molecule has 0 saturated carbocycles. The number of hydrogen-bond acceptors (Lipinski definition) is 4. The van der Waals surface area contributed by atoms with E-state index < -0.39 is 5.97 Å². The summed E-state index contributed by atoms with van der Waals surface area (Å²) in [5.41, 5.74) is 0.668. The average Bonchev–Trinajstić information content (AvgIpc) is 2.54. The van der Waals surface area contributed by atoms with Crippen LogP contribution in [0.15, 0.2) is 0 Å². The zero-order chi connectivity index (χ0) is 13.9. The summed E-state index contributed by atoms with van der Waals surface area (Å²) in [6, 6.07) is 0. The lowest BCUT2D eigenvalue weighted by atomic mass is 10.2. The second-order valence-electron chi connectivity index (χ2n) is 4.62. The number of carbonyl (C=O) groups excluding carboxylic acids is 1. The van der Waals surface area contributed by atoms with E-state index >= 15 is 0 Å². The number of aliphatic carboxylic acids is 1. The summed E-state index contributed by atoms with van der Waals surface area (Å²) in [5, 5.41) is 9.68. The van der Waals surface area contributed by atoms with E-state index in [0.29, 0.717) is 17.1 Å². The third-order valence-electron chi connectivity index (χ3n) is 2.30. The maximum absolute atomic E-state index is 12.3. The fourth-order valence-electron chi connectivity index (χ4n) is 1.70. The van der Waals surface area contributed by atoms with Crippen LogP contribution in [0, 0.1) is 19.8 Å². The van der Waals surface area contributed by atoms with Crippen molar-refractivity contribution in [2.45, 2.75) is 27.7 Å². The molecule has 0 spiro atoms. The van der Waals surface area contributed by atoms with E-state index in [9.17, 15) is 9.59 Å². The molecule has 18 heavy (non-hydrogen) atoms. The summed E-state index contributed by atoms with van der Waals surface area (Å²) in [4.78, 5) is 29.2. The van der Waals surface area contributed by atoms with Crippen LogP contribution < -0.4 is 0 Å². The SMILES string of the molecule is Cc1nc(C)c(C(=O)N(CC(=O)O)CC(C)C)s1. The maximum atomic E-state index is 12.3. The van der Waals surface area contributed by atoms with Crippen molar-refractivity contribution >= 4 is 23.2 Å². The van der Waals surface area contributed by atoms with Gasteiger partial charge in [-0.2, -0.15) is 0 Å². The van der Waals surface area contributed by atoms with Crippen molar-refractivity contribution in [2.24, 2.45) is 5.92 Å². The van der Waals surface area contributed by atoms with Gasteiger partial charge in [0.25, 0.3) is 5.91 Å². The molecular weight excluding hydrogens is 252 g/mol. The molecule has 1 aromatic heterocycles. The van der Waals surface area contributed by atoms with Gasteiger partial charge in [-0.25, -0.2) is 4.98 Å². The minimum Gasteiger partial charge on any atom is -0.480 e. The predicted octanol–water partition coefficient (Wildman–Crippen LogP) is 1.94. The summed E-state index contributed by atoms with van der Waals surface area (Å²) in [5.74, 6) is -1.01. The molecule has 0 radical (unpaired) electrons. The number of rotatable bonds is 5. The fraction of sp³-hybridized carbons (Fsp3) is 0.583. The molecule has 1 aromatic rings. The van der Waals surface area contributed by atoms with Gasteiger partial charge < -0.3 is 10.0 Å². The summed E-state index contributed by atoms with van der Waals surface area (Å²) in [6.07, 6.45) is 0. The molecule has 0 bridgehead atoms. The molecule has 1 N–H and O–H groups in total. The van der Waals surface area contributed by atoms with Crippen LogP contribution in [0.1, 0.15) is 34.2 Å². The average molecular weight is 270 g/mol. The highest BCUT2D eigenvalue weighted by atomic mass is 32.1. The second-order valence-corrected chi connectivity index (χ2v) is 5.82. The van der Waals surface area contributed by atoms with Crippen molar-refractivity contribution in [3.05, 3.63) is 15.6 Å². The largest absolute Gasteiger partial charge is 0.480 e. The van der Waals surface area contributed by atoms with Gasteiger partial charge in [0.05, 0.1) is 10.7 Å². The van der Waals surface area contributed by atoms with Gasteiger partial charge in [-0.3, -0.25) is 9.59 Å². The Bertz CT molecular complexity index is 454. The molecule has 0 aliphatic carbocycles. The molecule has 1 amide bonds. The summed E-state index contributed by atoms with van der Waals surface area (Å²) < 4.78 is 0. The number of carboxylic acids is 1. The number of carboxylic acid groups (broad SMARTS) is 1. The lowest BCUT2D eigenvalue weighted by molar-refractivity contribution is -0.137. The van der Waals surface area contributed by atoms with E-state index in [2.05, 4.69) is 4.98 Å². The van der Waals surface area contributed by atoms with Crippen LogP contribution in [-0.4, -0.2) is 40.0 Å². The second kappa shape index (κ2) is 5.95. The number of hydrogen-bond donors (Lipinski definition) is 1. The number of thiazole rings is 1. The van der Waals surface area contributed by atoms with Crippen LogP contribution in [0.25, 0.3) is 0 Å². The summed E-state index contributed by atoms with van der Waals surface area (Å²) in [7, 11) is 0. The van der Waals surface area contributed by atoms with Crippen molar-refractivity contribution in [3.63, 3.8) is 0 Å². The van der Waals surface area contributed by atoms with Crippen molar-refractivity contribution in [1.29, 1.82) is 0 Å². The zero-order valence-electron chi connectivity index (χ0n) is 11.1. The van der Waals surface area contributed by atoms with Crippen LogP contribution in [0.5, 0.6) is 0 Å². The van der Waals surface area contributed by atoms with Gasteiger partial charge in [-0.05, 0) is 19.8 Å². The first kappa shape index (κ1) is 14.6. The molecule has 6 heteroatoms. The lowest BCUT2D eigenvalue weighted by Crippen LogP contribution is -2.38. The number of amides is 1. The first-order chi connectivity index (χ1) is 8.31. The Morgan fingerprint density at radius 3 is 2.39 bits per heavy atom. The third kappa shape index (κ3) is 3.80. The topological polar surface area (TPSA) is 70.5 Å². The van der Waals surface area contributed by atoms with Gasteiger partial charge >= 0.3 is 5.97 Å². The van der Waals surface area contributed by atoms with Gasteiger partial charge in [-0.15, -0.1) is 11.3 Å². The molecule has 0 aliphatic heterocycles. The van der Waals surface area contributed by atoms with Crippen LogP contribution in [0.3, 0.4) is 0 Å². The molecule has 1 heterocycles. The van der Waals surface area contributed by atoms with Crippen LogP contribution in [0.2, 0.25) is 0 Å². The van der Waals surface area contributed by atoms with Crippen LogP contribution in [0.4, 0.5) is 0 Å². The predicted molar refractivity (Wildman–Crippen MR) is 70.0 cm³/mol. The molecule has 0 saturated heterocycles. The summed E-state index contributed by atoms with van der Waals surface area (Å²) in [6.45, 7) is 7.66. The quantitative estimate of drug-likeness (QED) is 0.887. The Balaban J connectivity index is 2.94. The highest BCUT2D eigenvalue weighted by molar-refractivity contribution is 7.13. The highest BCUT2D eigenvalue weighted by Gasteiger charge is 2.23. The normalized spacial score (nSPS) is 10.7. The monoisotopic (exact) mass is 270 g/mol. The molecule has 5 nitrogen and oxygen atoms in total. The van der Waals surface area contributed by atoms with Gasteiger partial charge in [0.1, 0.15) is 11.4 Å². The highest BCUT2D eigenvalue weighted by Crippen LogP contribution is 2.19. The van der Waals surface area contributed by atoms with Gasteiger partial charge in [0.15, 0.2) is 0 Å². The standard InChI is InChI=1S/C12H18N2O3S/c1-7(2)5-14(6-10(15)16)12(17)11-8(3)13-9(4)18-11/h7H,5-6H2,1-4H3,(H,15,16). The van der Waals surface area contributed by atoms with Crippen molar-refractivity contribution in [1.82, 2.24) is 9.88 Å². The number of nitrogens with zero attached hydrogens (tertiary/aromatic N) is 2. The molecular formula is C12H18N2O3S. The Kier molecular flexibility index (Phi) is 4.84. The van der Waals surface area contributed by atoms with Gasteiger partial charge in [0, 0.05) is 6.54 Å². The molecule has 0 unspecified atom stereocenters. The van der Waals surface area contributed by atoms with Crippen molar-refractivity contribution in [2.75, 3.05) is 13.1 Å². The third-order valence-corrected chi connectivity index (χ3v) is 3.36. The Labute approximate surface area is 110 Å². The van der Waals surface area contributed by atoms with E-state index in [4.69, 9.17) is 5.11 Å². The summed E-state index contributed by atoms with van der Waals surface area (Å²) >= 11 is 1.31. The molecule has 0 aliphatic rings. The Morgan fingerprint density at radius 1 is 1.39 bits per heavy atom. The Hall–Kier alpha value is -1.43. The first-order valence-electron chi connectivity index (χ1n) is 5.76. The van der Waals surface area contributed by atoms with E-state index in [1.807, 2.05) is 20.8 Å². The molecule has 0 fully saturated rings. The van der Waals surface area contributed by atoms with Crippen molar-refractivity contribution in [3.8, 4) is 0 Å². The fourth-order valence-corrected chi connectivity index (χ4v) is 2.58. The first-order valence-corrected chi connectivity index (χ1v) is 6.58. The van der Waals surface area contributed by atoms with E-state index in [1.165, 1.54) is 16.2 Å². The van der Waals surface area contributed by atoms with Crippen LogP contribution >= 0.6 is 11.3 Å². The number of aromatic nitrogens is 1. The zero-order valence-corrected chi connectivity index (χ0v) is 11.9. The molecule has 100 valence electrons. The molecule has 0 aromatic carbocycles. The minimum absolute atomic E-state index is 0.225. The maximum Gasteiger partial charge on any atom is 0.323 e. The van der Waals surface area contributed by atoms with Crippen LogP contribution in [-0.2, 0) is 4.79 Å². The van der Waals surface area contributed by atoms with Gasteiger partial charge in [-0.1, -0.05) is 13.8 Å². The van der Waals surface area contributed by atoms with E-state index in [-0.39, 0.29) is 18.4 Å². The number of aryl methyl sites for hydroxylation is 2. The number of carbonyl (C=O) groups is 2. The minimum atomic E-state index is -0.997. The smallest absolute Gasteiger partial charge is 0.323 e. The van der Waals surface area contributed by atoms with E-state index in [1.54, 1.807) is 6.92 Å². The Morgan fingerprint density at radius 2 is 2.00 bits per heavy atom.